The summed E-state index contributed by atoms with van der Waals surface area (Å²) in [6.07, 6.45) is 1.69. The molecule has 0 unspecified atom stereocenters. The van der Waals surface area contributed by atoms with Gasteiger partial charge in [-0.1, -0.05) is 18.2 Å². The van der Waals surface area contributed by atoms with Crippen LogP contribution in [0.5, 0.6) is 0 Å². The number of aliphatic hydroxyl groups is 1. The van der Waals surface area contributed by atoms with Gasteiger partial charge in [-0.15, -0.1) is 0 Å². The van der Waals surface area contributed by atoms with Gasteiger partial charge in [0.2, 0.25) is 0 Å². The summed E-state index contributed by atoms with van der Waals surface area (Å²) >= 11 is 0. The molecule has 0 spiro atoms. The summed E-state index contributed by atoms with van der Waals surface area (Å²) in [5.74, 6) is -0.131. The Morgan fingerprint density at radius 1 is 1.42 bits per heavy atom. The van der Waals surface area contributed by atoms with E-state index >= 15 is 0 Å². The molecule has 1 aromatic carbocycles. The van der Waals surface area contributed by atoms with Gasteiger partial charge < -0.3 is 10.4 Å². The lowest BCUT2D eigenvalue weighted by molar-refractivity contribution is 0.0908. The number of carbonyl (C=O) groups excluding carboxylic acids is 1. The van der Waals surface area contributed by atoms with Gasteiger partial charge in [0.05, 0.1) is 23.2 Å². The van der Waals surface area contributed by atoms with E-state index in [1.165, 1.54) is 0 Å². The fourth-order valence-corrected chi connectivity index (χ4v) is 2.28. The molecule has 98 valence electrons. The van der Waals surface area contributed by atoms with E-state index in [1.54, 1.807) is 6.07 Å². The van der Waals surface area contributed by atoms with Gasteiger partial charge in [0.25, 0.3) is 5.91 Å². The first-order chi connectivity index (χ1) is 9.13. The van der Waals surface area contributed by atoms with Crippen LogP contribution in [0.4, 0.5) is 0 Å². The highest BCUT2D eigenvalue weighted by Crippen LogP contribution is 2.35. The third-order valence-corrected chi connectivity index (χ3v) is 3.62. The molecule has 0 saturated heterocycles. The summed E-state index contributed by atoms with van der Waals surface area (Å²) in [7, 11) is 0. The molecule has 1 aliphatic rings. The van der Waals surface area contributed by atoms with Crippen LogP contribution in [0.3, 0.4) is 0 Å². The number of amides is 1. The molecule has 1 amide bonds. The average molecular weight is 256 g/mol. The molecule has 2 N–H and O–H groups in total. The van der Waals surface area contributed by atoms with Gasteiger partial charge in [0.15, 0.2) is 0 Å². The molecule has 1 saturated carbocycles. The number of rotatable bonds is 3. The van der Waals surface area contributed by atoms with Gasteiger partial charge in [0.1, 0.15) is 0 Å². The van der Waals surface area contributed by atoms with Crippen LogP contribution < -0.4 is 5.32 Å². The van der Waals surface area contributed by atoms with Crippen molar-refractivity contribution in [2.45, 2.75) is 25.3 Å². The van der Waals surface area contributed by atoms with Crippen molar-refractivity contribution in [1.82, 2.24) is 10.3 Å². The zero-order valence-electron chi connectivity index (χ0n) is 10.8. The lowest BCUT2D eigenvalue weighted by atomic mass is 10.1. The number of aromatic nitrogens is 1. The van der Waals surface area contributed by atoms with Gasteiger partial charge in [-0.25, -0.2) is 0 Å². The van der Waals surface area contributed by atoms with Gasteiger partial charge in [-0.05, 0) is 31.9 Å². The minimum atomic E-state index is -0.393. The van der Waals surface area contributed by atoms with Crippen molar-refractivity contribution in [3.05, 3.63) is 41.6 Å². The molecule has 3 rings (SSSR count). The van der Waals surface area contributed by atoms with E-state index in [2.05, 4.69) is 10.3 Å². The lowest BCUT2D eigenvalue weighted by Crippen LogP contribution is -2.39. The van der Waals surface area contributed by atoms with Crippen molar-refractivity contribution >= 4 is 16.8 Å². The summed E-state index contributed by atoms with van der Waals surface area (Å²) < 4.78 is 0. The van der Waals surface area contributed by atoms with Crippen molar-refractivity contribution in [3.63, 3.8) is 0 Å². The largest absolute Gasteiger partial charge is 0.394 e. The maximum absolute atomic E-state index is 12.4. The predicted molar refractivity (Wildman–Crippen MR) is 73.0 cm³/mol. The number of benzene rings is 1. The number of nitrogens with one attached hydrogen (secondary N) is 1. The molecule has 2 aromatic rings. The highest BCUT2D eigenvalue weighted by Gasteiger charge is 2.43. The summed E-state index contributed by atoms with van der Waals surface area (Å²) in [6, 6.07) is 9.40. The third-order valence-electron chi connectivity index (χ3n) is 3.62. The molecule has 0 bridgehead atoms. The Bertz CT molecular complexity index is 648. The number of hydrogen-bond acceptors (Lipinski definition) is 3. The van der Waals surface area contributed by atoms with Crippen molar-refractivity contribution in [2.24, 2.45) is 0 Å². The summed E-state index contributed by atoms with van der Waals surface area (Å²) in [5, 5.41) is 13.1. The summed E-state index contributed by atoms with van der Waals surface area (Å²) in [5.41, 5.74) is 1.87. The Kier molecular flexibility index (Phi) is 2.75. The standard InChI is InChI=1S/C15H16N2O2/c1-10-8-12(11-4-2-3-5-13(11)16-10)14(19)17-15(9-18)6-7-15/h2-5,8,18H,6-7,9H2,1H3,(H,17,19). The molecular formula is C15H16N2O2. The summed E-state index contributed by atoms with van der Waals surface area (Å²) in [6.45, 7) is 1.88. The van der Waals surface area contributed by atoms with Crippen LogP contribution in [0.2, 0.25) is 0 Å². The smallest absolute Gasteiger partial charge is 0.252 e. The van der Waals surface area contributed by atoms with Crippen LogP contribution in [0.25, 0.3) is 10.9 Å². The van der Waals surface area contributed by atoms with Crippen molar-refractivity contribution in [1.29, 1.82) is 0 Å². The molecule has 1 heterocycles. The second-order valence-electron chi connectivity index (χ2n) is 5.22. The predicted octanol–water partition coefficient (Wildman–Crippen LogP) is 1.80. The second-order valence-corrected chi connectivity index (χ2v) is 5.22. The Morgan fingerprint density at radius 2 is 2.16 bits per heavy atom. The molecule has 1 aliphatic carbocycles. The molecule has 0 radical (unpaired) electrons. The molecule has 1 fully saturated rings. The molecular weight excluding hydrogens is 240 g/mol. The zero-order chi connectivity index (χ0) is 13.5. The van der Waals surface area contributed by atoms with E-state index in [0.29, 0.717) is 5.56 Å². The van der Waals surface area contributed by atoms with Crippen LogP contribution >= 0.6 is 0 Å². The second kappa shape index (κ2) is 4.31. The number of fused-ring (bicyclic) bond motifs is 1. The highest BCUT2D eigenvalue weighted by molar-refractivity contribution is 6.06. The lowest BCUT2D eigenvalue weighted by Gasteiger charge is -2.15. The van der Waals surface area contributed by atoms with Crippen LogP contribution in [0, 0.1) is 6.92 Å². The Hall–Kier alpha value is -1.94. The molecule has 4 nitrogen and oxygen atoms in total. The fraction of sp³-hybridized carbons (Fsp3) is 0.333. The molecule has 19 heavy (non-hydrogen) atoms. The van der Waals surface area contributed by atoms with E-state index in [9.17, 15) is 9.90 Å². The van der Waals surface area contributed by atoms with E-state index in [0.717, 1.165) is 29.4 Å². The number of pyridine rings is 1. The number of hydrogen-bond donors (Lipinski definition) is 2. The first-order valence-corrected chi connectivity index (χ1v) is 6.43. The Morgan fingerprint density at radius 3 is 2.84 bits per heavy atom. The molecule has 0 atom stereocenters. The number of aliphatic hydroxyl groups excluding tert-OH is 1. The number of para-hydroxylation sites is 1. The van der Waals surface area contributed by atoms with Gasteiger partial charge in [0, 0.05) is 11.1 Å². The minimum absolute atomic E-state index is 0.000732. The first kappa shape index (κ1) is 12.1. The van der Waals surface area contributed by atoms with E-state index in [1.807, 2.05) is 31.2 Å². The third kappa shape index (κ3) is 2.19. The van der Waals surface area contributed by atoms with E-state index in [-0.39, 0.29) is 12.5 Å². The zero-order valence-corrected chi connectivity index (χ0v) is 10.8. The van der Waals surface area contributed by atoms with Crippen molar-refractivity contribution in [2.75, 3.05) is 6.61 Å². The van der Waals surface area contributed by atoms with Crippen LogP contribution in [-0.4, -0.2) is 28.1 Å². The average Bonchev–Trinajstić information content (AvgIpc) is 3.18. The fourth-order valence-electron chi connectivity index (χ4n) is 2.28. The van der Waals surface area contributed by atoms with Crippen LogP contribution in [0.1, 0.15) is 28.9 Å². The minimum Gasteiger partial charge on any atom is -0.394 e. The topological polar surface area (TPSA) is 62.2 Å². The number of nitrogens with zero attached hydrogens (tertiary/aromatic N) is 1. The number of aryl methyl sites for hydroxylation is 1. The van der Waals surface area contributed by atoms with Gasteiger partial charge >= 0.3 is 0 Å². The quantitative estimate of drug-likeness (QED) is 0.880. The monoisotopic (exact) mass is 256 g/mol. The molecule has 1 aromatic heterocycles. The van der Waals surface area contributed by atoms with Crippen molar-refractivity contribution in [3.8, 4) is 0 Å². The van der Waals surface area contributed by atoms with E-state index in [4.69, 9.17) is 0 Å². The van der Waals surface area contributed by atoms with Crippen molar-refractivity contribution < 1.29 is 9.90 Å². The van der Waals surface area contributed by atoms with Gasteiger partial charge in [-0.3, -0.25) is 9.78 Å². The first-order valence-electron chi connectivity index (χ1n) is 6.43. The SMILES string of the molecule is Cc1cc(C(=O)NC2(CO)CC2)c2ccccc2n1. The number of carbonyl (C=O) groups is 1. The van der Waals surface area contributed by atoms with Gasteiger partial charge in [-0.2, -0.15) is 0 Å². The normalized spacial score (nSPS) is 16.3. The Balaban J connectivity index is 2.02. The maximum Gasteiger partial charge on any atom is 0.252 e. The highest BCUT2D eigenvalue weighted by atomic mass is 16.3. The van der Waals surface area contributed by atoms with Crippen LogP contribution in [0.15, 0.2) is 30.3 Å². The van der Waals surface area contributed by atoms with Crippen LogP contribution in [-0.2, 0) is 0 Å². The maximum atomic E-state index is 12.4. The Labute approximate surface area is 111 Å². The van der Waals surface area contributed by atoms with E-state index < -0.39 is 5.54 Å². The molecule has 4 heteroatoms. The molecule has 0 aliphatic heterocycles. The summed E-state index contributed by atoms with van der Waals surface area (Å²) in [4.78, 5) is 16.8.